The molecule has 0 unspecified atom stereocenters. The molecule has 0 fully saturated rings. The Balaban J connectivity index is 1.24. The number of imidazole rings is 2. The molecule has 0 amide bonds. The molecule has 0 N–H and O–H groups in total. The summed E-state index contributed by atoms with van der Waals surface area (Å²) in [6.07, 6.45) is 9.45. The first-order chi connectivity index (χ1) is 20.3. The van der Waals surface area contributed by atoms with Crippen LogP contribution in [0.15, 0.2) is 128 Å². The van der Waals surface area contributed by atoms with Gasteiger partial charge in [-0.1, -0.05) is 42.5 Å². The van der Waals surface area contributed by atoms with E-state index in [2.05, 4.69) is 87.2 Å². The number of hydrogen-bond donors (Lipinski definition) is 0. The fraction of sp³-hybridized carbons (Fsp3) is 0. The molecule has 5 aromatic heterocycles. The molecule has 0 bridgehead atoms. The molecule has 0 saturated carbocycles. The van der Waals surface area contributed by atoms with Crippen molar-refractivity contribution in [3.63, 3.8) is 0 Å². The number of rotatable bonds is 3. The zero-order valence-corrected chi connectivity index (χ0v) is 21.8. The fourth-order valence-electron chi connectivity index (χ4n) is 6.18. The summed E-state index contributed by atoms with van der Waals surface area (Å²) >= 11 is 0. The van der Waals surface area contributed by atoms with Gasteiger partial charge in [-0.3, -0.25) is 8.80 Å². The molecular formula is C35H21N5O. The minimum atomic E-state index is 0.745. The average Bonchev–Trinajstić information content (AvgIpc) is 3.73. The summed E-state index contributed by atoms with van der Waals surface area (Å²) in [5, 5.41) is 6.56. The summed E-state index contributed by atoms with van der Waals surface area (Å²) in [6.45, 7) is 0. The summed E-state index contributed by atoms with van der Waals surface area (Å²) in [5.41, 5.74) is 6.15. The summed E-state index contributed by atoms with van der Waals surface area (Å²) in [5.74, 6) is 1.50. The highest BCUT2D eigenvalue weighted by atomic mass is 16.5. The molecule has 5 heterocycles. The van der Waals surface area contributed by atoms with Crippen LogP contribution in [0.2, 0.25) is 0 Å². The lowest BCUT2D eigenvalue weighted by Gasteiger charge is -2.14. The van der Waals surface area contributed by atoms with E-state index in [1.165, 1.54) is 16.5 Å². The Labute approximate surface area is 233 Å². The number of benzene rings is 4. The Bertz CT molecular complexity index is 2460. The van der Waals surface area contributed by atoms with Gasteiger partial charge in [-0.05, 0) is 76.5 Å². The first-order valence-electron chi connectivity index (χ1n) is 13.5. The number of hydrogen-bond acceptors (Lipinski definition) is 4. The van der Waals surface area contributed by atoms with Crippen molar-refractivity contribution in [2.45, 2.75) is 0 Å². The Hall–Kier alpha value is -5.75. The normalized spacial score (nSPS) is 11.9. The van der Waals surface area contributed by atoms with E-state index in [0.717, 1.165) is 60.9 Å². The molecule has 0 saturated heterocycles. The van der Waals surface area contributed by atoms with Gasteiger partial charge in [-0.2, -0.15) is 0 Å². The van der Waals surface area contributed by atoms with E-state index >= 15 is 0 Å². The first kappa shape index (κ1) is 22.1. The monoisotopic (exact) mass is 527 g/mol. The first-order valence-corrected chi connectivity index (χ1v) is 13.5. The fourth-order valence-corrected chi connectivity index (χ4v) is 6.18. The average molecular weight is 528 g/mol. The van der Waals surface area contributed by atoms with Crippen molar-refractivity contribution in [1.29, 1.82) is 0 Å². The van der Waals surface area contributed by atoms with E-state index in [-0.39, 0.29) is 0 Å². The quantitative estimate of drug-likeness (QED) is 0.216. The van der Waals surface area contributed by atoms with Crippen molar-refractivity contribution in [3.05, 3.63) is 128 Å². The summed E-state index contributed by atoms with van der Waals surface area (Å²) in [7, 11) is 0. The second-order valence-corrected chi connectivity index (χ2v) is 10.2. The van der Waals surface area contributed by atoms with Crippen LogP contribution in [-0.2, 0) is 0 Å². The lowest BCUT2D eigenvalue weighted by atomic mass is 9.96. The largest absolute Gasteiger partial charge is 0.457 e. The molecule has 192 valence electrons. The van der Waals surface area contributed by atoms with Crippen LogP contribution in [0.25, 0.3) is 65.9 Å². The van der Waals surface area contributed by atoms with Gasteiger partial charge in [0.25, 0.3) is 0 Å². The molecule has 0 atom stereocenters. The van der Waals surface area contributed by atoms with E-state index < -0.39 is 0 Å². The molecule has 0 radical (unpaired) electrons. The van der Waals surface area contributed by atoms with Crippen LogP contribution in [0.1, 0.15) is 0 Å². The lowest BCUT2D eigenvalue weighted by molar-refractivity contribution is 0.484. The maximum absolute atomic E-state index is 6.49. The van der Waals surface area contributed by atoms with Crippen molar-refractivity contribution < 1.29 is 4.74 Å². The Morgan fingerprint density at radius 3 is 2.00 bits per heavy atom. The van der Waals surface area contributed by atoms with E-state index in [4.69, 9.17) is 9.72 Å². The molecule has 0 aliphatic rings. The zero-order chi connectivity index (χ0) is 26.9. The van der Waals surface area contributed by atoms with E-state index in [1.807, 2.05) is 59.7 Å². The second kappa shape index (κ2) is 8.37. The van der Waals surface area contributed by atoms with Gasteiger partial charge in [0.1, 0.15) is 28.4 Å². The number of ether oxygens (including phenoxy) is 1. The van der Waals surface area contributed by atoms with Crippen LogP contribution in [0, 0.1) is 0 Å². The van der Waals surface area contributed by atoms with Crippen LogP contribution in [-0.4, -0.2) is 23.8 Å². The maximum atomic E-state index is 6.49. The number of aromatic nitrogens is 5. The van der Waals surface area contributed by atoms with Gasteiger partial charge in [0.2, 0.25) is 0 Å². The number of fused-ring (bicyclic) bond motifs is 12. The summed E-state index contributed by atoms with van der Waals surface area (Å²) in [6, 6.07) is 33.5. The standard InChI is InChI=1S/C35H21N5O/c1-2-6-22(7-3-1)25-8-4-10-31-32(25)27-14-12-24(21-30(27)34-37-16-18-39(31)34)41-23-11-13-26-28-9-5-15-36-33(28)40-19-17-38-35(40)29(26)20-23/h1-21H. The molecule has 0 aliphatic carbocycles. The van der Waals surface area contributed by atoms with Crippen LogP contribution in [0.4, 0.5) is 0 Å². The van der Waals surface area contributed by atoms with E-state index in [1.54, 1.807) is 0 Å². The van der Waals surface area contributed by atoms with Gasteiger partial charge < -0.3 is 4.74 Å². The SMILES string of the molecule is c1ccc(-c2cccc3c2c2ccc(Oc4ccc5c6cccnc6n6ccnc6c5c4)cc2c2nccn32)cc1. The highest BCUT2D eigenvalue weighted by Gasteiger charge is 2.15. The molecule has 4 aromatic carbocycles. The molecule has 0 aliphatic heterocycles. The Kier molecular flexibility index (Phi) is 4.51. The molecular weight excluding hydrogens is 506 g/mol. The maximum Gasteiger partial charge on any atom is 0.146 e. The molecule has 6 nitrogen and oxygen atoms in total. The predicted octanol–water partition coefficient (Wildman–Crippen LogP) is 8.45. The predicted molar refractivity (Wildman–Crippen MR) is 164 cm³/mol. The Morgan fingerprint density at radius 1 is 0.488 bits per heavy atom. The van der Waals surface area contributed by atoms with Crippen molar-refractivity contribution in [2.75, 3.05) is 0 Å². The third-order valence-corrected chi connectivity index (χ3v) is 7.94. The van der Waals surface area contributed by atoms with Gasteiger partial charge in [0.05, 0.1) is 5.52 Å². The van der Waals surface area contributed by atoms with Crippen LogP contribution >= 0.6 is 0 Å². The smallest absolute Gasteiger partial charge is 0.146 e. The minimum Gasteiger partial charge on any atom is -0.457 e. The zero-order valence-electron chi connectivity index (χ0n) is 21.8. The summed E-state index contributed by atoms with van der Waals surface area (Å²) in [4.78, 5) is 14.0. The third kappa shape index (κ3) is 3.22. The van der Waals surface area contributed by atoms with Crippen molar-refractivity contribution in [3.8, 4) is 22.6 Å². The third-order valence-electron chi connectivity index (χ3n) is 7.94. The van der Waals surface area contributed by atoms with Gasteiger partial charge in [-0.15, -0.1) is 0 Å². The lowest BCUT2D eigenvalue weighted by Crippen LogP contribution is -1.94. The summed E-state index contributed by atoms with van der Waals surface area (Å²) < 4.78 is 10.7. The van der Waals surface area contributed by atoms with Gasteiger partial charge >= 0.3 is 0 Å². The molecule has 41 heavy (non-hydrogen) atoms. The molecule has 0 spiro atoms. The molecule has 6 heteroatoms. The molecule has 9 rings (SSSR count). The highest BCUT2D eigenvalue weighted by molar-refractivity contribution is 6.17. The van der Waals surface area contributed by atoms with Crippen LogP contribution < -0.4 is 4.74 Å². The van der Waals surface area contributed by atoms with E-state index in [0.29, 0.717) is 0 Å². The van der Waals surface area contributed by atoms with E-state index in [9.17, 15) is 0 Å². The van der Waals surface area contributed by atoms with Crippen LogP contribution in [0.3, 0.4) is 0 Å². The Morgan fingerprint density at radius 2 is 1.17 bits per heavy atom. The van der Waals surface area contributed by atoms with Crippen molar-refractivity contribution in [1.82, 2.24) is 23.8 Å². The second-order valence-electron chi connectivity index (χ2n) is 10.2. The van der Waals surface area contributed by atoms with Gasteiger partial charge in [0.15, 0.2) is 0 Å². The minimum absolute atomic E-state index is 0.745. The van der Waals surface area contributed by atoms with Crippen molar-refractivity contribution in [2.24, 2.45) is 0 Å². The molecule has 9 aromatic rings. The number of nitrogens with zero attached hydrogens (tertiary/aromatic N) is 5. The van der Waals surface area contributed by atoms with Gasteiger partial charge in [0, 0.05) is 52.5 Å². The highest BCUT2D eigenvalue weighted by Crippen LogP contribution is 2.39. The number of pyridine rings is 3. The van der Waals surface area contributed by atoms with Crippen molar-refractivity contribution >= 4 is 54.8 Å². The topological polar surface area (TPSA) is 56.7 Å². The van der Waals surface area contributed by atoms with Crippen LogP contribution in [0.5, 0.6) is 11.5 Å². The van der Waals surface area contributed by atoms with Gasteiger partial charge in [-0.25, -0.2) is 15.0 Å².